The molecule has 3 N–H and O–H groups in total. The number of nitrogens with two attached hydrogens (primary N) is 1. The molecule has 0 aliphatic rings. The van der Waals surface area contributed by atoms with E-state index in [0.29, 0.717) is 4.88 Å². The summed E-state index contributed by atoms with van der Waals surface area (Å²) in [6, 6.07) is 1.91. The maximum absolute atomic E-state index is 10.8. The highest BCUT2D eigenvalue weighted by molar-refractivity contribution is 7.14. The smallest absolute Gasteiger partial charge is 0.260 e. The third-order valence-electron chi connectivity index (χ3n) is 1.35. The fourth-order valence-electron chi connectivity index (χ4n) is 0.883. The molecule has 0 aliphatic heterocycles. The lowest BCUT2D eigenvalue weighted by Gasteiger charge is -1.95. The van der Waals surface area contributed by atoms with Gasteiger partial charge in [0.1, 0.15) is 4.88 Å². The number of nitrogens with one attached hydrogen (secondary N) is 1. The van der Waals surface area contributed by atoms with Gasteiger partial charge in [0.05, 0.1) is 5.69 Å². The molecule has 1 heterocycles. The predicted octanol–water partition coefficient (Wildman–Crippen LogP) is 1.20. The van der Waals surface area contributed by atoms with Crippen molar-refractivity contribution >= 4 is 22.9 Å². The molecule has 0 saturated carbocycles. The molecule has 1 aromatic rings. The van der Waals surface area contributed by atoms with Crippen LogP contribution in [0.25, 0.3) is 0 Å². The molecule has 1 aromatic heterocycles. The highest BCUT2D eigenvalue weighted by Crippen LogP contribution is 2.25. The van der Waals surface area contributed by atoms with Gasteiger partial charge in [-0.25, -0.2) is 0 Å². The first-order valence-electron chi connectivity index (χ1n) is 3.23. The second-order valence-electron chi connectivity index (χ2n) is 2.21. The number of primary amides is 1. The lowest BCUT2D eigenvalue weighted by Crippen LogP contribution is -2.10. The van der Waals surface area contributed by atoms with Gasteiger partial charge < -0.3 is 11.1 Å². The molecular weight excluding hydrogens is 160 g/mol. The van der Waals surface area contributed by atoms with Crippen LogP contribution in [0.15, 0.2) is 6.07 Å². The van der Waals surface area contributed by atoms with Crippen LogP contribution < -0.4 is 11.1 Å². The average Bonchev–Trinajstić information content (AvgIpc) is 2.30. The quantitative estimate of drug-likeness (QED) is 0.700. The first kappa shape index (κ1) is 8.07. The lowest BCUT2D eigenvalue weighted by molar-refractivity contribution is 0.100. The van der Waals surface area contributed by atoms with Crippen LogP contribution in [0.3, 0.4) is 0 Å². The van der Waals surface area contributed by atoms with Crippen molar-refractivity contribution in [1.29, 1.82) is 0 Å². The first-order chi connectivity index (χ1) is 5.15. The van der Waals surface area contributed by atoms with Crippen LogP contribution in [-0.2, 0) is 0 Å². The van der Waals surface area contributed by atoms with Gasteiger partial charge in [0.25, 0.3) is 5.91 Å². The number of hydrogen-bond donors (Lipinski definition) is 2. The van der Waals surface area contributed by atoms with Crippen LogP contribution in [0.5, 0.6) is 0 Å². The molecule has 0 atom stereocenters. The molecule has 1 rings (SSSR count). The van der Waals surface area contributed by atoms with Gasteiger partial charge in [0, 0.05) is 11.9 Å². The average molecular weight is 170 g/mol. The Labute approximate surface area is 69.2 Å². The molecule has 0 spiro atoms. The second-order valence-corrected chi connectivity index (χ2v) is 3.47. The molecule has 11 heavy (non-hydrogen) atoms. The van der Waals surface area contributed by atoms with Crippen molar-refractivity contribution in [3.63, 3.8) is 0 Å². The van der Waals surface area contributed by atoms with Crippen molar-refractivity contribution in [3.8, 4) is 0 Å². The highest BCUT2D eigenvalue weighted by atomic mass is 32.1. The molecule has 0 fully saturated rings. The number of aryl methyl sites for hydroxylation is 1. The van der Waals surface area contributed by atoms with Crippen molar-refractivity contribution < 1.29 is 4.79 Å². The number of amides is 1. The van der Waals surface area contributed by atoms with E-state index in [9.17, 15) is 4.79 Å². The van der Waals surface area contributed by atoms with E-state index in [1.165, 1.54) is 11.3 Å². The van der Waals surface area contributed by atoms with E-state index >= 15 is 0 Å². The molecule has 0 unspecified atom stereocenters. The second kappa shape index (κ2) is 2.92. The minimum atomic E-state index is -0.368. The maximum Gasteiger partial charge on any atom is 0.260 e. The normalized spacial score (nSPS) is 9.64. The fraction of sp³-hybridized carbons (Fsp3) is 0.286. The minimum absolute atomic E-state index is 0.368. The Morgan fingerprint density at radius 2 is 2.36 bits per heavy atom. The predicted molar refractivity (Wildman–Crippen MR) is 47.1 cm³/mol. The zero-order valence-electron chi connectivity index (χ0n) is 6.47. The largest absolute Gasteiger partial charge is 0.387 e. The third-order valence-corrected chi connectivity index (χ3v) is 2.41. The first-order valence-corrected chi connectivity index (χ1v) is 4.04. The minimum Gasteiger partial charge on any atom is -0.387 e. The van der Waals surface area contributed by atoms with E-state index in [4.69, 9.17) is 5.73 Å². The van der Waals surface area contributed by atoms with E-state index in [0.717, 1.165) is 10.6 Å². The summed E-state index contributed by atoms with van der Waals surface area (Å²) in [5, 5.41) is 2.91. The van der Waals surface area contributed by atoms with Gasteiger partial charge in [0.2, 0.25) is 0 Å². The van der Waals surface area contributed by atoms with Crippen molar-refractivity contribution in [2.75, 3.05) is 12.4 Å². The van der Waals surface area contributed by atoms with Gasteiger partial charge in [-0.1, -0.05) is 0 Å². The molecule has 4 heteroatoms. The summed E-state index contributed by atoms with van der Waals surface area (Å²) in [6.45, 7) is 1.94. The zero-order valence-corrected chi connectivity index (χ0v) is 7.29. The third kappa shape index (κ3) is 1.51. The molecule has 3 nitrogen and oxygen atoms in total. The van der Waals surface area contributed by atoms with Gasteiger partial charge in [-0.05, 0) is 13.0 Å². The Balaban J connectivity index is 3.12. The van der Waals surface area contributed by atoms with Crippen LogP contribution in [0.1, 0.15) is 14.5 Å². The van der Waals surface area contributed by atoms with Gasteiger partial charge in [0.15, 0.2) is 0 Å². The number of thiophene rings is 1. The summed E-state index contributed by atoms with van der Waals surface area (Å²) >= 11 is 1.41. The number of anilines is 1. The molecule has 0 aliphatic carbocycles. The molecule has 0 radical (unpaired) electrons. The topological polar surface area (TPSA) is 55.1 Å². The summed E-state index contributed by atoms with van der Waals surface area (Å²) in [5.74, 6) is -0.368. The summed E-state index contributed by atoms with van der Waals surface area (Å²) < 4.78 is 0. The molecule has 1 amide bonds. The van der Waals surface area contributed by atoms with Crippen molar-refractivity contribution in [2.45, 2.75) is 6.92 Å². The summed E-state index contributed by atoms with van der Waals surface area (Å²) in [4.78, 5) is 12.5. The van der Waals surface area contributed by atoms with Crippen LogP contribution >= 0.6 is 11.3 Å². The molecule has 0 aromatic carbocycles. The van der Waals surface area contributed by atoms with Gasteiger partial charge in [-0.15, -0.1) is 11.3 Å². The molecule has 0 saturated heterocycles. The number of hydrogen-bond acceptors (Lipinski definition) is 3. The molecule has 0 bridgehead atoms. The molecule has 60 valence electrons. The van der Waals surface area contributed by atoms with Crippen LogP contribution in [0.2, 0.25) is 0 Å². The van der Waals surface area contributed by atoms with E-state index in [1.807, 2.05) is 13.0 Å². The Morgan fingerprint density at radius 1 is 1.73 bits per heavy atom. The monoisotopic (exact) mass is 170 g/mol. The number of carbonyl (C=O) groups is 1. The van der Waals surface area contributed by atoms with E-state index < -0.39 is 0 Å². The Kier molecular flexibility index (Phi) is 2.14. The summed E-state index contributed by atoms with van der Waals surface area (Å²) in [7, 11) is 1.77. The number of rotatable bonds is 2. The van der Waals surface area contributed by atoms with Gasteiger partial charge in [-0.3, -0.25) is 4.79 Å². The Bertz CT molecular complexity index is 280. The van der Waals surface area contributed by atoms with Crippen molar-refractivity contribution in [3.05, 3.63) is 15.8 Å². The number of carbonyl (C=O) groups excluding carboxylic acids is 1. The van der Waals surface area contributed by atoms with Crippen molar-refractivity contribution in [2.24, 2.45) is 5.73 Å². The lowest BCUT2D eigenvalue weighted by atomic mass is 10.3. The van der Waals surface area contributed by atoms with Crippen LogP contribution in [-0.4, -0.2) is 13.0 Å². The van der Waals surface area contributed by atoms with E-state index in [2.05, 4.69) is 5.32 Å². The van der Waals surface area contributed by atoms with Gasteiger partial charge in [-0.2, -0.15) is 0 Å². The highest BCUT2D eigenvalue weighted by Gasteiger charge is 2.09. The van der Waals surface area contributed by atoms with Gasteiger partial charge >= 0.3 is 0 Å². The maximum atomic E-state index is 10.8. The Hall–Kier alpha value is -1.03. The zero-order chi connectivity index (χ0) is 8.43. The molecular formula is C7H10N2OS. The summed E-state index contributed by atoms with van der Waals surface area (Å²) in [5.41, 5.74) is 5.95. The van der Waals surface area contributed by atoms with Crippen molar-refractivity contribution in [1.82, 2.24) is 0 Å². The Morgan fingerprint density at radius 3 is 2.73 bits per heavy atom. The van der Waals surface area contributed by atoms with E-state index in [-0.39, 0.29) is 5.91 Å². The van der Waals surface area contributed by atoms with E-state index in [1.54, 1.807) is 7.05 Å². The standard InChI is InChI=1S/C7H10N2OS/c1-4-3-5(9-2)6(11-4)7(8)10/h3,9H,1-2H3,(H2,8,10). The SMILES string of the molecule is CNc1cc(C)sc1C(N)=O. The summed E-state index contributed by atoms with van der Waals surface area (Å²) in [6.07, 6.45) is 0. The van der Waals surface area contributed by atoms with Crippen LogP contribution in [0, 0.1) is 6.92 Å². The van der Waals surface area contributed by atoms with Crippen LogP contribution in [0.4, 0.5) is 5.69 Å². The fourth-order valence-corrected chi connectivity index (χ4v) is 1.75.